The first kappa shape index (κ1) is 11.9. The average molecular weight is 188 g/mol. The van der Waals surface area contributed by atoms with E-state index in [4.69, 9.17) is 5.11 Å². The van der Waals surface area contributed by atoms with Gasteiger partial charge in [-0.25, -0.2) is 0 Å². The zero-order valence-electron chi connectivity index (χ0n) is 8.46. The Morgan fingerprint density at radius 1 is 1.54 bits per heavy atom. The zero-order chi connectivity index (χ0) is 10.6. The van der Waals surface area contributed by atoms with Crippen LogP contribution in [0.15, 0.2) is 0 Å². The molecule has 0 spiro atoms. The van der Waals surface area contributed by atoms with E-state index in [2.05, 4.69) is 4.74 Å². The second-order valence-corrected chi connectivity index (χ2v) is 3.31. The zero-order valence-corrected chi connectivity index (χ0v) is 8.46. The Hall–Kier alpha value is -1.06. The van der Waals surface area contributed by atoms with Crippen molar-refractivity contribution in [1.82, 2.24) is 0 Å². The summed E-state index contributed by atoms with van der Waals surface area (Å²) in [6, 6.07) is 0. The fourth-order valence-electron chi connectivity index (χ4n) is 1.12. The third kappa shape index (κ3) is 1.99. The maximum absolute atomic E-state index is 11.3. The molecule has 1 N–H and O–H groups in total. The number of carbonyl (C=O) groups is 2. The Kier molecular flexibility index (Phi) is 3.91. The monoisotopic (exact) mass is 188 g/mol. The normalized spacial score (nSPS) is 17.2. The number of carboxylic acids is 1. The van der Waals surface area contributed by atoms with Crippen LogP contribution in [0, 0.1) is 11.3 Å². The van der Waals surface area contributed by atoms with Gasteiger partial charge in [0.05, 0.1) is 7.11 Å². The van der Waals surface area contributed by atoms with Gasteiger partial charge in [0, 0.05) is 0 Å². The number of ether oxygens (including phenoxy) is 1. The van der Waals surface area contributed by atoms with Crippen LogP contribution in [-0.2, 0) is 14.3 Å². The molecule has 0 aliphatic carbocycles. The van der Waals surface area contributed by atoms with E-state index >= 15 is 0 Å². The molecular weight excluding hydrogens is 172 g/mol. The molecule has 0 aromatic carbocycles. The summed E-state index contributed by atoms with van der Waals surface area (Å²) in [5.74, 6) is -2.06. The van der Waals surface area contributed by atoms with Gasteiger partial charge < -0.3 is 9.84 Å². The first-order valence-corrected chi connectivity index (χ1v) is 4.23. The Labute approximate surface area is 77.9 Å². The summed E-state index contributed by atoms with van der Waals surface area (Å²) in [6.07, 6.45) is 0.623. The second-order valence-electron chi connectivity index (χ2n) is 3.31. The van der Waals surface area contributed by atoms with Gasteiger partial charge in [-0.3, -0.25) is 9.59 Å². The van der Waals surface area contributed by atoms with Crippen molar-refractivity contribution in [3.63, 3.8) is 0 Å². The number of carboxylic acid groups (broad SMARTS) is 1. The van der Waals surface area contributed by atoms with Crippen molar-refractivity contribution in [3.05, 3.63) is 0 Å². The van der Waals surface area contributed by atoms with Crippen LogP contribution in [0.3, 0.4) is 0 Å². The molecule has 0 aromatic heterocycles. The lowest BCUT2D eigenvalue weighted by atomic mass is 9.77. The fraction of sp³-hybridized carbons (Fsp3) is 0.778. The molecule has 13 heavy (non-hydrogen) atoms. The van der Waals surface area contributed by atoms with E-state index in [1.807, 2.05) is 6.92 Å². The molecule has 76 valence electrons. The van der Waals surface area contributed by atoms with Crippen LogP contribution in [0.1, 0.15) is 27.2 Å². The molecule has 0 bridgehead atoms. The molecule has 2 atom stereocenters. The summed E-state index contributed by atoms with van der Waals surface area (Å²) in [7, 11) is 1.20. The van der Waals surface area contributed by atoms with Gasteiger partial charge >= 0.3 is 11.9 Å². The van der Waals surface area contributed by atoms with E-state index in [-0.39, 0.29) is 5.92 Å². The number of carbonyl (C=O) groups excluding carboxylic acids is 1. The Bertz CT molecular complexity index is 212. The Morgan fingerprint density at radius 3 is 2.23 bits per heavy atom. The number of aliphatic carboxylic acids is 1. The van der Waals surface area contributed by atoms with Crippen LogP contribution in [0.4, 0.5) is 0 Å². The Morgan fingerprint density at radius 2 is 2.00 bits per heavy atom. The molecule has 0 fully saturated rings. The first-order valence-electron chi connectivity index (χ1n) is 4.23. The predicted octanol–water partition coefficient (Wildman–Crippen LogP) is 1.30. The van der Waals surface area contributed by atoms with Crippen molar-refractivity contribution >= 4 is 11.9 Å². The van der Waals surface area contributed by atoms with Crippen molar-refractivity contribution in [2.45, 2.75) is 27.2 Å². The SMILES string of the molecule is CCC(C)C(C)(C(=O)O)C(=O)OC. The largest absolute Gasteiger partial charge is 0.480 e. The molecule has 0 heterocycles. The minimum absolute atomic E-state index is 0.238. The van der Waals surface area contributed by atoms with Crippen molar-refractivity contribution < 1.29 is 19.4 Å². The lowest BCUT2D eigenvalue weighted by Gasteiger charge is -2.27. The minimum atomic E-state index is -1.43. The second kappa shape index (κ2) is 4.25. The van der Waals surface area contributed by atoms with E-state index in [1.54, 1.807) is 6.92 Å². The highest BCUT2D eigenvalue weighted by molar-refractivity contribution is 5.98. The van der Waals surface area contributed by atoms with E-state index in [1.165, 1.54) is 14.0 Å². The van der Waals surface area contributed by atoms with Gasteiger partial charge in [-0.05, 0) is 12.8 Å². The van der Waals surface area contributed by atoms with Gasteiger partial charge in [0.1, 0.15) is 0 Å². The molecule has 0 saturated carbocycles. The van der Waals surface area contributed by atoms with E-state index in [9.17, 15) is 9.59 Å². The lowest BCUT2D eigenvalue weighted by molar-refractivity contribution is -0.169. The highest BCUT2D eigenvalue weighted by Gasteiger charge is 2.46. The molecule has 0 aliphatic rings. The van der Waals surface area contributed by atoms with Crippen LogP contribution in [-0.4, -0.2) is 24.2 Å². The maximum Gasteiger partial charge on any atom is 0.323 e. The predicted molar refractivity (Wildman–Crippen MR) is 47.2 cm³/mol. The molecular formula is C9H16O4. The highest BCUT2D eigenvalue weighted by Crippen LogP contribution is 2.31. The molecule has 0 rings (SSSR count). The smallest absolute Gasteiger partial charge is 0.323 e. The van der Waals surface area contributed by atoms with Crippen LogP contribution in [0.2, 0.25) is 0 Å². The van der Waals surface area contributed by atoms with Crippen molar-refractivity contribution in [2.24, 2.45) is 11.3 Å². The van der Waals surface area contributed by atoms with Crippen molar-refractivity contribution in [1.29, 1.82) is 0 Å². The van der Waals surface area contributed by atoms with Crippen LogP contribution < -0.4 is 0 Å². The minimum Gasteiger partial charge on any atom is -0.480 e. The quantitative estimate of drug-likeness (QED) is 0.533. The van der Waals surface area contributed by atoms with E-state index < -0.39 is 17.4 Å². The summed E-state index contributed by atoms with van der Waals surface area (Å²) in [6.45, 7) is 4.97. The van der Waals surface area contributed by atoms with E-state index in [0.29, 0.717) is 6.42 Å². The van der Waals surface area contributed by atoms with Gasteiger partial charge in [-0.2, -0.15) is 0 Å². The van der Waals surface area contributed by atoms with Gasteiger partial charge in [-0.15, -0.1) is 0 Å². The standard InChI is InChI=1S/C9H16O4/c1-5-6(2)9(3,7(10)11)8(12)13-4/h6H,5H2,1-4H3,(H,10,11). The van der Waals surface area contributed by atoms with E-state index in [0.717, 1.165) is 0 Å². The van der Waals surface area contributed by atoms with Crippen LogP contribution in [0.25, 0.3) is 0 Å². The number of hydrogen-bond acceptors (Lipinski definition) is 3. The average Bonchev–Trinajstić information content (AvgIpc) is 2.13. The maximum atomic E-state index is 11.3. The number of esters is 1. The topological polar surface area (TPSA) is 63.6 Å². The molecule has 0 aromatic rings. The summed E-state index contributed by atoms with van der Waals surface area (Å²) in [4.78, 5) is 22.2. The third-order valence-corrected chi connectivity index (χ3v) is 2.65. The summed E-state index contributed by atoms with van der Waals surface area (Å²) in [5, 5.41) is 8.93. The van der Waals surface area contributed by atoms with Crippen molar-refractivity contribution in [2.75, 3.05) is 7.11 Å². The molecule has 0 amide bonds. The summed E-state index contributed by atoms with van der Waals surface area (Å²) in [5.41, 5.74) is -1.43. The molecule has 4 nitrogen and oxygen atoms in total. The van der Waals surface area contributed by atoms with Gasteiger partial charge in [0.15, 0.2) is 5.41 Å². The number of hydrogen-bond donors (Lipinski definition) is 1. The molecule has 4 heteroatoms. The summed E-state index contributed by atoms with van der Waals surface area (Å²) >= 11 is 0. The van der Waals surface area contributed by atoms with Crippen LogP contribution in [0.5, 0.6) is 0 Å². The Balaban J connectivity index is 4.94. The van der Waals surface area contributed by atoms with Gasteiger partial charge in [0.2, 0.25) is 0 Å². The molecule has 0 radical (unpaired) electrons. The van der Waals surface area contributed by atoms with Gasteiger partial charge in [-0.1, -0.05) is 20.3 Å². The van der Waals surface area contributed by atoms with Crippen molar-refractivity contribution in [3.8, 4) is 0 Å². The molecule has 0 aliphatic heterocycles. The third-order valence-electron chi connectivity index (χ3n) is 2.65. The molecule has 0 saturated heterocycles. The summed E-state index contributed by atoms with van der Waals surface area (Å²) < 4.78 is 4.48. The first-order chi connectivity index (χ1) is 5.91. The van der Waals surface area contributed by atoms with Gasteiger partial charge in [0.25, 0.3) is 0 Å². The number of methoxy groups -OCH3 is 1. The number of rotatable bonds is 4. The van der Waals surface area contributed by atoms with Crippen LogP contribution >= 0.6 is 0 Å². The lowest BCUT2D eigenvalue weighted by Crippen LogP contribution is -2.42. The highest BCUT2D eigenvalue weighted by atomic mass is 16.5. The fourth-order valence-corrected chi connectivity index (χ4v) is 1.12. The molecule has 2 unspecified atom stereocenters.